The quantitative estimate of drug-likeness (QED) is 0.195. The SMILES string of the molecule is COc1cc(Cl)cc(C(=O)Nc2ccc(Cl)cc2)c1CC(=O)c1ccc(C(=N)N2CC2)cc1F. The number of nitrogens with one attached hydrogen (secondary N) is 2. The molecular weight excluding hydrogens is 480 g/mol. The number of hydrogen-bond acceptors (Lipinski definition) is 4. The minimum atomic E-state index is -0.728. The van der Waals surface area contributed by atoms with Gasteiger partial charge in [0.1, 0.15) is 17.4 Å². The number of amidine groups is 1. The second-order valence-electron chi connectivity index (χ2n) is 7.73. The predicted molar refractivity (Wildman–Crippen MR) is 130 cm³/mol. The standard InChI is InChI=1S/C25H20Cl2FN3O3/c1-34-23-12-16(27)11-20(25(33)30-17-5-3-15(26)4-6-17)19(23)13-22(32)18-7-2-14(10-21(18)28)24(29)31-8-9-31/h2-7,10-12,29H,8-9,13H2,1H3,(H,30,33). The molecule has 2 N–H and O–H groups in total. The molecule has 1 heterocycles. The van der Waals surface area contributed by atoms with Crippen LogP contribution >= 0.6 is 23.2 Å². The molecule has 3 aromatic carbocycles. The molecule has 1 amide bonds. The molecule has 3 aromatic rings. The van der Waals surface area contributed by atoms with Gasteiger partial charge < -0.3 is 15.0 Å². The fourth-order valence-corrected chi connectivity index (χ4v) is 3.85. The highest BCUT2D eigenvalue weighted by atomic mass is 35.5. The molecule has 0 radical (unpaired) electrons. The third kappa shape index (κ3) is 5.21. The number of benzene rings is 3. The van der Waals surface area contributed by atoms with Crippen molar-refractivity contribution in [3.63, 3.8) is 0 Å². The van der Waals surface area contributed by atoms with Crippen LogP contribution in [0.2, 0.25) is 10.0 Å². The molecule has 0 saturated carbocycles. The molecular formula is C25H20Cl2FN3O3. The van der Waals surface area contributed by atoms with Crippen molar-refractivity contribution in [3.05, 3.63) is 92.7 Å². The van der Waals surface area contributed by atoms with E-state index >= 15 is 0 Å². The van der Waals surface area contributed by atoms with Gasteiger partial charge in [-0.1, -0.05) is 29.3 Å². The lowest BCUT2D eigenvalue weighted by Gasteiger charge is -2.15. The van der Waals surface area contributed by atoms with Crippen molar-refractivity contribution in [2.24, 2.45) is 0 Å². The molecule has 9 heteroatoms. The van der Waals surface area contributed by atoms with Gasteiger partial charge in [-0.2, -0.15) is 0 Å². The Morgan fingerprint density at radius 1 is 1.03 bits per heavy atom. The van der Waals surface area contributed by atoms with E-state index in [0.717, 1.165) is 13.1 Å². The number of carbonyl (C=O) groups excluding carboxylic acids is 2. The molecule has 1 aliphatic rings. The molecule has 1 saturated heterocycles. The summed E-state index contributed by atoms with van der Waals surface area (Å²) in [6.07, 6.45) is -0.288. The number of amides is 1. The molecule has 34 heavy (non-hydrogen) atoms. The highest BCUT2D eigenvalue weighted by molar-refractivity contribution is 6.31. The fourth-order valence-electron chi connectivity index (χ4n) is 3.51. The van der Waals surface area contributed by atoms with Gasteiger partial charge in [-0.05, 0) is 48.5 Å². The first kappa shape index (κ1) is 23.7. The van der Waals surface area contributed by atoms with E-state index in [-0.39, 0.29) is 39.7 Å². The molecule has 0 atom stereocenters. The summed E-state index contributed by atoms with van der Waals surface area (Å²) in [6.45, 7) is 1.52. The van der Waals surface area contributed by atoms with Crippen molar-refractivity contribution in [2.75, 3.05) is 25.5 Å². The van der Waals surface area contributed by atoms with Gasteiger partial charge in [0.15, 0.2) is 5.78 Å². The third-order valence-corrected chi connectivity index (χ3v) is 5.85. The summed E-state index contributed by atoms with van der Waals surface area (Å²) in [4.78, 5) is 27.9. The second-order valence-corrected chi connectivity index (χ2v) is 8.60. The normalized spacial score (nSPS) is 12.3. The number of anilines is 1. The Bertz CT molecular complexity index is 1290. The summed E-state index contributed by atoms with van der Waals surface area (Å²) in [7, 11) is 1.40. The summed E-state index contributed by atoms with van der Waals surface area (Å²) in [5.41, 5.74) is 1.18. The third-order valence-electron chi connectivity index (χ3n) is 5.38. The number of rotatable bonds is 7. The molecule has 0 unspecified atom stereocenters. The maximum Gasteiger partial charge on any atom is 0.256 e. The molecule has 0 aromatic heterocycles. The molecule has 0 spiro atoms. The zero-order valence-electron chi connectivity index (χ0n) is 18.1. The number of nitrogens with zero attached hydrogens (tertiary/aromatic N) is 1. The summed E-state index contributed by atoms with van der Waals surface area (Å²) < 4.78 is 20.2. The number of Topliss-reactive ketones (excluding diaryl/α,β-unsaturated/α-hetero) is 1. The molecule has 0 aliphatic carbocycles. The van der Waals surface area contributed by atoms with Crippen LogP contribution in [-0.4, -0.2) is 42.6 Å². The topological polar surface area (TPSA) is 82.3 Å². The Morgan fingerprint density at radius 2 is 1.74 bits per heavy atom. The highest BCUT2D eigenvalue weighted by Gasteiger charge is 2.25. The first-order chi connectivity index (χ1) is 16.3. The van der Waals surface area contributed by atoms with Gasteiger partial charge in [0, 0.05) is 51.9 Å². The van der Waals surface area contributed by atoms with E-state index in [1.165, 1.54) is 31.4 Å². The van der Waals surface area contributed by atoms with E-state index in [1.807, 2.05) is 0 Å². The van der Waals surface area contributed by atoms with Crippen LogP contribution in [0.1, 0.15) is 31.8 Å². The number of methoxy groups -OCH3 is 1. The molecule has 6 nitrogen and oxygen atoms in total. The monoisotopic (exact) mass is 499 g/mol. The predicted octanol–water partition coefficient (Wildman–Crippen LogP) is 5.46. The Hall–Kier alpha value is -3.42. The van der Waals surface area contributed by atoms with Crippen LogP contribution in [0.15, 0.2) is 54.6 Å². The minimum Gasteiger partial charge on any atom is -0.496 e. The zero-order chi connectivity index (χ0) is 24.4. The number of halogens is 3. The lowest BCUT2D eigenvalue weighted by Crippen LogP contribution is -2.18. The molecule has 174 valence electrons. The number of ketones is 1. The van der Waals surface area contributed by atoms with E-state index in [9.17, 15) is 14.0 Å². The van der Waals surface area contributed by atoms with Crippen LogP contribution in [-0.2, 0) is 6.42 Å². The minimum absolute atomic E-state index is 0.132. The van der Waals surface area contributed by atoms with E-state index in [0.29, 0.717) is 16.3 Å². The van der Waals surface area contributed by atoms with Crippen molar-refractivity contribution in [1.82, 2.24) is 4.90 Å². The average molecular weight is 500 g/mol. The van der Waals surface area contributed by atoms with Gasteiger partial charge in [0.2, 0.25) is 0 Å². The van der Waals surface area contributed by atoms with Crippen LogP contribution in [0.3, 0.4) is 0 Å². The smallest absolute Gasteiger partial charge is 0.256 e. The lowest BCUT2D eigenvalue weighted by molar-refractivity contribution is 0.0987. The summed E-state index contributed by atoms with van der Waals surface area (Å²) in [6, 6.07) is 13.6. The summed E-state index contributed by atoms with van der Waals surface area (Å²) >= 11 is 12.1. The van der Waals surface area contributed by atoms with Crippen LogP contribution < -0.4 is 10.1 Å². The van der Waals surface area contributed by atoms with Crippen molar-refractivity contribution in [1.29, 1.82) is 5.41 Å². The Kier molecular flexibility index (Phi) is 6.86. The van der Waals surface area contributed by atoms with E-state index < -0.39 is 17.5 Å². The van der Waals surface area contributed by atoms with Gasteiger partial charge in [0.05, 0.1) is 12.7 Å². The van der Waals surface area contributed by atoms with Crippen LogP contribution in [0.5, 0.6) is 5.75 Å². The summed E-state index contributed by atoms with van der Waals surface area (Å²) in [5, 5.41) is 11.6. The molecule has 0 bridgehead atoms. The summed E-state index contributed by atoms with van der Waals surface area (Å²) in [5.74, 6) is -1.31. The van der Waals surface area contributed by atoms with Gasteiger partial charge in [-0.15, -0.1) is 0 Å². The highest BCUT2D eigenvalue weighted by Crippen LogP contribution is 2.30. The zero-order valence-corrected chi connectivity index (χ0v) is 19.6. The maximum atomic E-state index is 14.8. The van der Waals surface area contributed by atoms with Crippen LogP contribution in [0.25, 0.3) is 0 Å². The van der Waals surface area contributed by atoms with E-state index in [1.54, 1.807) is 35.2 Å². The first-order valence-electron chi connectivity index (χ1n) is 10.4. The Labute approximate surface area is 205 Å². The van der Waals surface area contributed by atoms with Crippen molar-refractivity contribution < 1.29 is 18.7 Å². The number of ether oxygens (including phenoxy) is 1. The van der Waals surface area contributed by atoms with Gasteiger partial charge >= 0.3 is 0 Å². The first-order valence-corrected chi connectivity index (χ1v) is 11.1. The number of hydrogen-bond donors (Lipinski definition) is 2. The number of carbonyl (C=O) groups is 2. The Morgan fingerprint density at radius 3 is 2.35 bits per heavy atom. The lowest BCUT2D eigenvalue weighted by atomic mass is 9.96. The molecule has 1 fully saturated rings. The molecule has 1 aliphatic heterocycles. The van der Waals surface area contributed by atoms with Gasteiger partial charge in [-0.25, -0.2) is 4.39 Å². The van der Waals surface area contributed by atoms with Crippen LogP contribution in [0.4, 0.5) is 10.1 Å². The average Bonchev–Trinajstić information content (AvgIpc) is 3.66. The second kappa shape index (κ2) is 9.83. The van der Waals surface area contributed by atoms with E-state index in [2.05, 4.69) is 5.32 Å². The van der Waals surface area contributed by atoms with Gasteiger partial charge in [-0.3, -0.25) is 15.0 Å². The van der Waals surface area contributed by atoms with Crippen molar-refractivity contribution >= 4 is 46.4 Å². The van der Waals surface area contributed by atoms with Crippen LogP contribution in [0, 0.1) is 11.2 Å². The van der Waals surface area contributed by atoms with Gasteiger partial charge in [0.25, 0.3) is 5.91 Å². The maximum absolute atomic E-state index is 14.8. The van der Waals surface area contributed by atoms with E-state index in [4.69, 9.17) is 33.3 Å². The largest absolute Gasteiger partial charge is 0.496 e. The van der Waals surface area contributed by atoms with Crippen molar-refractivity contribution in [3.8, 4) is 5.75 Å². The fraction of sp³-hybridized carbons (Fsp3) is 0.160. The molecule has 4 rings (SSSR count). The Balaban J connectivity index is 1.63. The van der Waals surface area contributed by atoms with Crippen molar-refractivity contribution in [2.45, 2.75) is 6.42 Å².